The molecule has 2 heterocycles. The van der Waals surface area contributed by atoms with E-state index in [4.69, 9.17) is 4.74 Å². The van der Waals surface area contributed by atoms with Gasteiger partial charge in [-0.1, -0.05) is 0 Å². The lowest BCUT2D eigenvalue weighted by molar-refractivity contribution is 0.0599. The van der Waals surface area contributed by atoms with Gasteiger partial charge < -0.3 is 15.0 Å². The Morgan fingerprint density at radius 3 is 2.38 bits per heavy atom. The minimum atomic E-state index is -0.471. The van der Waals surface area contributed by atoms with Crippen molar-refractivity contribution in [3.63, 3.8) is 0 Å². The van der Waals surface area contributed by atoms with Gasteiger partial charge in [-0.05, 0) is 50.6 Å². The van der Waals surface area contributed by atoms with Crippen molar-refractivity contribution in [2.45, 2.75) is 20.8 Å². The van der Waals surface area contributed by atoms with Crippen LogP contribution in [0.5, 0.6) is 0 Å². The van der Waals surface area contributed by atoms with Crippen LogP contribution in [0.3, 0.4) is 0 Å². The minimum absolute atomic E-state index is 0.330. The molecule has 3 rings (SSSR count). The van der Waals surface area contributed by atoms with Crippen molar-refractivity contribution >= 4 is 17.6 Å². The number of carbonyl (C=O) groups excluding carboxylic acids is 2. The molecule has 0 fully saturated rings. The second-order valence-corrected chi connectivity index (χ2v) is 5.89. The van der Waals surface area contributed by atoms with Crippen molar-refractivity contribution < 1.29 is 14.3 Å². The number of hydrogen-bond donors (Lipinski definition) is 3. The number of amides is 1. The number of methoxy groups -OCH3 is 1. The number of benzene rings is 1. The number of aromatic nitrogens is 4. The fourth-order valence-electron chi connectivity index (χ4n) is 2.75. The number of rotatable bonds is 4. The van der Waals surface area contributed by atoms with Crippen molar-refractivity contribution in [2.24, 2.45) is 0 Å². The predicted molar refractivity (Wildman–Crippen MR) is 96.1 cm³/mol. The predicted octanol–water partition coefficient (Wildman–Crippen LogP) is 2.76. The number of esters is 1. The molecule has 0 aliphatic heterocycles. The van der Waals surface area contributed by atoms with Crippen LogP contribution in [0.1, 0.15) is 37.9 Å². The first-order valence-electron chi connectivity index (χ1n) is 7.99. The largest absolute Gasteiger partial charge is 0.465 e. The van der Waals surface area contributed by atoms with Crippen LogP contribution in [0.15, 0.2) is 24.3 Å². The van der Waals surface area contributed by atoms with E-state index in [0.717, 1.165) is 11.4 Å². The van der Waals surface area contributed by atoms with Gasteiger partial charge in [0.1, 0.15) is 11.5 Å². The fourth-order valence-corrected chi connectivity index (χ4v) is 2.75. The lowest BCUT2D eigenvalue weighted by Crippen LogP contribution is -2.14. The first kappa shape index (κ1) is 17.4. The molecule has 0 saturated carbocycles. The Hall–Kier alpha value is -3.42. The van der Waals surface area contributed by atoms with E-state index in [1.54, 1.807) is 26.0 Å². The van der Waals surface area contributed by atoms with E-state index in [1.165, 1.54) is 7.11 Å². The number of nitrogens with one attached hydrogen (secondary N) is 3. The van der Waals surface area contributed by atoms with E-state index in [1.807, 2.05) is 19.1 Å². The van der Waals surface area contributed by atoms with Crippen molar-refractivity contribution in [3.05, 3.63) is 52.6 Å². The molecular weight excluding hydrogens is 334 g/mol. The Balaban J connectivity index is 1.79. The second kappa shape index (κ2) is 6.83. The number of nitrogens with zero attached hydrogens (tertiary/aromatic N) is 2. The molecule has 0 aliphatic rings. The minimum Gasteiger partial charge on any atom is -0.465 e. The molecule has 0 radical (unpaired) electrons. The summed E-state index contributed by atoms with van der Waals surface area (Å²) in [6, 6.07) is 7.19. The Kier molecular flexibility index (Phi) is 4.57. The van der Waals surface area contributed by atoms with Gasteiger partial charge in [-0.15, -0.1) is 0 Å². The quantitative estimate of drug-likeness (QED) is 0.624. The van der Waals surface area contributed by atoms with E-state index in [0.29, 0.717) is 34.0 Å². The van der Waals surface area contributed by atoms with Gasteiger partial charge in [-0.2, -0.15) is 5.10 Å². The molecule has 8 nitrogen and oxygen atoms in total. The van der Waals surface area contributed by atoms with Crippen LogP contribution < -0.4 is 5.32 Å². The average molecular weight is 353 g/mol. The van der Waals surface area contributed by atoms with Crippen LogP contribution in [-0.4, -0.2) is 39.2 Å². The molecule has 3 aromatic rings. The molecule has 0 unspecified atom stereocenters. The summed E-state index contributed by atoms with van der Waals surface area (Å²) in [4.78, 5) is 31.6. The van der Waals surface area contributed by atoms with E-state index in [9.17, 15) is 9.59 Å². The molecule has 134 valence electrons. The fraction of sp³-hybridized carbons (Fsp3) is 0.222. The Morgan fingerprint density at radius 2 is 1.81 bits per heavy atom. The standard InChI is InChI=1S/C18H19N5O3/c1-9-14(18(25)26-4)10(2)19-15(9)17(24)21-13-7-5-12(6-8-13)16-20-11(3)22-23-16/h5-8,19H,1-4H3,(H,21,24)(H,20,22,23). The van der Waals surface area contributed by atoms with Gasteiger partial charge in [0.2, 0.25) is 0 Å². The van der Waals surface area contributed by atoms with Gasteiger partial charge in [-0.25, -0.2) is 9.78 Å². The SMILES string of the molecule is COC(=O)c1c(C)[nH]c(C(=O)Nc2ccc(-c3n[nH]c(C)n3)cc2)c1C. The molecule has 1 amide bonds. The Bertz CT molecular complexity index is 969. The summed E-state index contributed by atoms with van der Waals surface area (Å²) in [5.41, 5.74) is 3.32. The van der Waals surface area contributed by atoms with Crippen molar-refractivity contribution in [2.75, 3.05) is 12.4 Å². The zero-order valence-electron chi connectivity index (χ0n) is 14.9. The van der Waals surface area contributed by atoms with E-state index in [-0.39, 0.29) is 5.91 Å². The third-order valence-electron chi connectivity index (χ3n) is 4.05. The molecule has 3 N–H and O–H groups in total. The number of aryl methyl sites for hydroxylation is 2. The van der Waals surface area contributed by atoms with E-state index < -0.39 is 5.97 Å². The van der Waals surface area contributed by atoms with Gasteiger partial charge in [-0.3, -0.25) is 9.89 Å². The maximum atomic E-state index is 12.5. The zero-order chi connectivity index (χ0) is 18.8. The maximum absolute atomic E-state index is 12.5. The van der Waals surface area contributed by atoms with E-state index in [2.05, 4.69) is 25.5 Å². The molecule has 0 atom stereocenters. The molecule has 1 aromatic carbocycles. The van der Waals surface area contributed by atoms with Crippen LogP contribution in [0, 0.1) is 20.8 Å². The summed E-state index contributed by atoms with van der Waals surface area (Å²) >= 11 is 0. The number of H-pyrrole nitrogens is 2. The average Bonchev–Trinajstić information content (AvgIpc) is 3.18. The molecule has 2 aromatic heterocycles. The summed E-state index contributed by atoms with van der Waals surface area (Å²) in [7, 11) is 1.31. The molecule has 0 spiro atoms. The third-order valence-corrected chi connectivity index (χ3v) is 4.05. The molecule has 8 heteroatoms. The topological polar surface area (TPSA) is 113 Å². The van der Waals surface area contributed by atoms with Gasteiger partial charge >= 0.3 is 5.97 Å². The Morgan fingerprint density at radius 1 is 1.12 bits per heavy atom. The van der Waals surface area contributed by atoms with Crippen LogP contribution >= 0.6 is 0 Å². The number of aromatic amines is 2. The highest BCUT2D eigenvalue weighted by molar-refractivity contribution is 6.06. The first-order chi connectivity index (χ1) is 12.4. The van der Waals surface area contributed by atoms with Crippen LogP contribution in [0.2, 0.25) is 0 Å². The van der Waals surface area contributed by atoms with Crippen molar-refractivity contribution in [1.82, 2.24) is 20.2 Å². The van der Waals surface area contributed by atoms with Crippen LogP contribution in [0.4, 0.5) is 5.69 Å². The number of ether oxygens (including phenoxy) is 1. The number of anilines is 1. The first-order valence-corrected chi connectivity index (χ1v) is 7.99. The Labute approximate surface area is 150 Å². The van der Waals surface area contributed by atoms with Crippen LogP contribution in [0.25, 0.3) is 11.4 Å². The lowest BCUT2D eigenvalue weighted by atomic mass is 10.1. The molecule has 0 aliphatic carbocycles. The van der Waals surface area contributed by atoms with Gasteiger partial charge in [0.15, 0.2) is 5.82 Å². The molecular formula is C18H19N5O3. The summed E-state index contributed by atoms with van der Waals surface area (Å²) in [5.74, 6) is 0.527. The van der Waals surface area contributed by atoms with Crippen molar-refractivity contribution in [3.8, 4) is 11.4 Å². The van der Waals surface area contributed by atoms with Gasteiger partial charge in [0.05, 0.1) is 12.7 Å². The van der Waals surface area contributed by atoms with Gasteiger partial charge in [0, 0.05) is 16.9 Å². The van der Waals surface area contributed by atoms with Crippen molar-refractivity contribution in [1.29, 1.82) is 0 Å². The molecule has 26 heavy (non-hydrogen) atoms. The highest BCUT2D eigenvalue weighted by Gasteiger charge is 2.22. The summed E-state index contributed by atoms with van der Waals surface area (Å²) < 4.78 is 4.76. The maximum Gasteiger partial charge on any atom is 0.339 e. The highest BCUT2D eigenvalue weighted by atomic mass is 16.5. The third kappa shape index (κ3) is 3.21. The number of hydrogen-bond acceptors (Lipinski definition) is 5. The second-order valence-electron chi connectivity index (χ2n) is 5.89. The normalized spacial score (nSPS) is 10.6. The monoisotopic (exact) mass is 353 g/mol. The zero-order valence-corrected chi connectivity index (χ0v) is 14.9. The van der Waals surface area contributed by atoms with Crippen LogP contribution in [-0.2, 0) is 4.74 Å². The van der Waals surface area contributed by atoms with E-state index >= 15 is 0 Å². The summed E-state index contributed by atoms with van der Waals surface area (Å²) in [5, 5.41) is 9.70. The lowest BCUT2D eigenvalue weighted by Gasteiger charge is -2.06. The smallest absolute Gasteiger partial charge is 0.339 e. The summed E-state index contributed by atoms with van der Waals surface area (Å²) in [6.07, 6.45) is 0. The molecule has 0 bridgehead atoms. The highest BCUT2D eigenvalue weighted by Crippen LogP contribution is 2.21. The summed E-state index contributed by atoms with van der Waals surface area (Å²) in [6.45, 7) is 5.26. The number of carbonyl (C=O) groups is 2. The van der Waals surface area contributed by atoms with Gasteiger partial charge in [0.25, 0.3) is 5.91 Å². The molecule has 0 saturated heterocycles.